The van der Waals surface area contributed by atoms with E-state index in [-0.39, 0.29) is 5.91 Å². The van der Waals surface area contributed by atoms with Gasteiger partial charge in [-0.1, -0.05) is 36.8 Å². The fourth-order valence-corrected chi connectivity index (χ4v) is 4.90. The van der Waals surface area contributed by atoms with Crippen LogP contribution in [0.2, 0.25) is 0 Å². The Morgan fingerprint density at radius 2 is 1.97 bits per heavy atom. The van der Waals surface area contributed by atoms with E-state index in [2.05, 4.69) is 28.1 Å². The number of carbonyl (C=O) groups is 1. The van der Waals surface area contributed by atoms with E-state index >= 15 is 0 Å². The number of rotatable bonds is 10. The Morgan fingerprint density at radius 1 is 1.15 bits per heavy atom. The maximum atomic E-state index is 12.5. The number of para-hydroxylation sites is 1. The van der Waals surface area contributed by atoms with Crippen LogP contribution in [0, 0.1) is 0 Å². The number of aromatic nitrogens is 1. The van der Waals surface area contributed by atoms with Gasteiger partial charge in [0.1, 0.15) is 17.0 Å². The average molecular weight is 469 g/mol. The third-order valence-corrected chi connectivity index (χ3v) is 6.89. The summed E-state index contributed by atoms with van der Waals surface area (Å²) in [6.07, 6.45) is 2.10. The lowest BCUT2D eigenvalue weighted by atomic mass is 10.2. The number of hydrogen-bond donors (Lipinski definition) is 1. The van der Waals surface area contributed by atoms with Gasteiger partial charge in [-0.2, -0.15) is 0 Å². The molecular formula is C25H32N4O3S. The maximum absolute atomic E-state index is 12.5. The molecule has 1 aliphatic rings. The third-order valence-electron chi connectivity index (χ3n) is 5.81. The topological polar surface area (TPSA) is 66.9 Å². The smallest absolute Gasteiger partial charge is 0.251 e. The van der Waals surface area contributed by atoms with Gasteiger partial charge in [0.15, 0.2) is 5.13 Å². The number of unbranched alkanes of at least 4 members (excludes halogenated alkanes) is 1. The van der Waals surface area contributed by atoms with Crippen LogP contribution in [0.15, 0.2) is 42.5 Å². The highest BCUT2D eigenvalue weighted by atomic mass is 32.1. The van der Waals surface area contributed by atoms with Crippen molar-refractivity contribution in [2.75, 3.05) is 57.9 Å². The van der Waals surface area contributed by atoms with Gasteiger partial charge in [0, 0.05) is 44.8 Å². The zero-order chi connectivity index (χ0) is 23.0. The van der Waals surface area contributed by atoms with Crippen LogP contribution < -0.4 is 19.7 Å². The van der Waals surface area contributed by atoms with Crippen molar-refractivity contribution >= 4 is 32.6 Å². The highest BCUT2D eigenvalue weighted by molar-refractivity contribution is 7.22. The lowest BCUT2D eigenvalue weighted by Gasteiger charge is -2.34. The molecule has 1 N–H and O–H groups in total. The Labute approximate surface area is 199 Å². The molecule has 1 aliphatic heterocycles. The summed E-state index contributed by atoms with van der Waals surface area (Å²) in [5.74, 6) is 1.51. The normalized spacial score (nSPS) is 14.4. The number of benzene rings is 2. The first-order valence-corrected chi connectivity index (χ1v) is 12.4. The lowest BCUT2D eigenvalue weighted by Crippen LogP contribution is -2.48. The van der Waals surface area contributed by atoms with E-state index in [9.17, 15) is 4.79 Å². The number of methoxy groups -OCH3 is 1. The van der Waals surface area contributed by atoms with Crippen molar-refractivity contribution in [3.05, 3.63) is 48.0 Å². The van der Waals surface area contributed by atoms with Crippen molar-refractivity contribution in [1.82, 2.24) is 15.2 Å². The van der Waals surface area contributed by atoms with Gasteiger partial charge in [-0.15, -0.1) is 0 Å². The van der Waals surface area contributed by atoms with Crippen molar-refractivity contribution in [3.8, 4) is 11.5 Å². The molecule has 1 aromatic heterocycles. The number of hydrogen-bond acceptors (Lipinski definition) is 7. The largest absolute Gasteiger partial charge is 0.494 e. The lowest BCUT2D eigenvalue weighted by molar-refractivity contribution is 0.0947. The molecule has 2 heterocycles. The minimum Gasteiger partial charge on any atom is -0.494 e. The number of anilines is 1. The summed E-state index contributed by atoms with van der Waals surface area (Å²) in [5, 5.41) is 4.08. The van der Waals surface area contributed by atoms with Crippen molar-refractivity contribution in [1.29, 1.82) is 0 Å². The Balaban J connectivity index is 1.22. The summed E-state index contributed by atoms with van der Waals surface area (Å²) in [6.45, 7) is 8.01. The van der Waals surface area contributed by atoms with E-state index in [0.717, 1.165) is 72.4 Å². The summed E-state index contributed by atoms with van der Waals surface area (Å²) >= 11 is 1.71. The molecule has 0 spiro atoms. The van der Waals surface area contributed by atoms with Gasteiger partial charge >= 0.3 is 0 Å². The standard InChI is InChI=1S/C25H32N4O3S/c1-3-4-17-32-20-8-5-7-19(18-20)24(30)26-11-12-28-13-15-29(16-14-28)25-27-23-21(31-2)9-6-10-22(23)33-25/h5-10,18H,3-4,11-17H2,1-2H3,(H,26,30). The van der Waals surface area contributed by atoms with E-state index in [1.807, 2.05) is 36.4 Å². The number of nitrogens with zero attached hydrogens (tertiary/aromatic N) is 3. The van der Waals surface area contributed by atoms with Gasteiger partial charge in [-0.05, 0) is 36.8 Å². The Bertz CT molecular complexity index is 1060. The van der Waals surface area contributed by atoms with Crippen LogP contribution in [0.4, 0.5) is 5.13 Å². The molecular weight excluding hydrogens is 436 g/mol. The molecule has 176 valence electrons. The number of amides is 1. The number of fused-ring (bicyclic) bond motifs is 1. The molecule has 2 aromatic carbocycles. The quantitative estimate of drug-likeness (QED) is 0.453. The molecule has 3 aromatic rings. The van der Waals surface area contributed by atoms with E-state index in [1.165, 1.54) is 0 Å². The third kappa shape index (κ3) is 5.94. The SMILES string of the molecule is CCCCOc1cccc(C(=O)NCCN2CCN(c3nc4c(OC)cccc4s3)CC2)c1. The number of nitrogens with one attached hydrogen (secondary N) is 1. The molecule has 0 radical (unpaired) electrons. The first kappa shape index (κ1) is 23.3. The van der Waals surface area contributed by atoms with Crippen molar-refractivity contribution in [2.24, 2.45) is 0 Å². The van der Waals surface area contributed by atoms with Gasteiger partial charge in [0.25, 0.3) is 5.91 Å². The molecule has 1 amide bonds. The first-order valence-electron chi connectivity index (χ1n) is 11.6. The van der Waals surface area contributed by atoms with Gasteiger partial charge in [-0.25, -0.2) is 4.98 Å². The predicted octanol–water partition coefficient (Wildman–Crippen LogP) is 4.04. The summed E-state index contributed by atoms with van der Waals surface area (Å²) in [6, 6.07) is 13.5. The molecule has 7 nitrogen and oxygen atoms in total. The molecule has 8 heteroatoms. The number of carbonyl (C=O) groups excluding carboxylic acids is 1. The fourth-order valence-electron chi connectivity index (χ4n) is 3.87. The predicted molar refractivity (Wildman–Crippen MR) is 134 cm³/mol. The molecule has 33 heavy (non-hydrogen) atoms. The van der Waals surface area contributed by atoms with E-state index in [1.54, 1.807) is 18.4 Å². The van der Waals surface area contributed by atoms with Crippen LogP contribution in [-0.4, -0.2) is 68.8 Å². The van der Waals surface area contributed by atoms with Crippen LogP contribution in [0.1, 0.15) is 30.1 Å². The van der Waals surface area contributed by atoms with Crippen LogP contribution in [0.3, 0.4) is 0 Å². The molecule has 1 fully saturated rings. The second kappa shape index (κ2) is 11.3. The monoisotopic (exact) mass is 468 g/mol. The minimum absolute atomic E-state index is 0.0574. The van der Waals surface area contributed by atoms with E-state index < -0.39 is 0 Å². The number of thiazole rings is 1. The Hall–Kier alpha value is -2.84. The van der Waals surface area contributed by atoms with Crippen molar-refractivity contribution < 1.29 is 14.3 Å². The fraction of sp³-hybridized carbons (Fsp3) is 0.440. The first-order chi connectivity index (χ1) is 16.2. The summed E-state index contributed by atoms with van der Waals surface area (Å²) in [5.41, 5.74) is 1.57. The highest BCUT2D eigenvalue weighted by Gasteiger charge is 2.20. The molecule has 1 saturated heterocycles. The average Bonchev–Trinajstić information content (AvgIpc) is 3.29. The van der Waals surface area contributed by atoms with Gasteiger partial charge in [0.2, 0.25) is 0 Å². The van der Waals surface area contributed by atoms with Crippen molar-refractivity contribution in [2.45, 2.75) is 19.8 Å². The number of ether oxygens (including phenoxy) is 2. The molecule has 4 rings (SSSR count). The van der Waals surface area contributed by atoms with Gasteiger partial charge in [-0.3, -0.25) is 9.69 Å². The zero-order valence-corrected chi connectivity index (χ0v) is 20.2. The van der Waals surface area contributed by atoms with E-state index in [4.69, 9.17) is 14.5 Å². The minimum atomic E-state index is -0.0574. The maximum Gasteiger partial charge on any atom is 0.251 e. The summed E-state index contributed by atoms with van der Waals surface area (Å²) in [7, 11) is 1.68. The molecule has 0 bridgehead atoms. The summed E-state index contributed by atoms with van der Waals surface area (Å²) in [4.78, 5) is 22.1. The van der Waals surface area contributed by atoms with Crippen LogP contribution in [0.5, 0.6) is 11.5 Å². The highest BCUT2D eigenvalue weighted by Crippen LogP contribution is 2.34. The van der Waals surface area contributed by atoms with Gasteiger partial charge < -0.3 is 19.7 Å². The zero-order valence-electron chi connectivity index (χ0n) is 19.4. The van der Waals surface area contributed by atoms with Crippen LogP contribution >= 0.6 is 11.3 Å². The second-order valence-electron chi connectivity index (χ2n) is 8.12. The molecule has 0 atom stereocenters. The van der Waals surface area contributed by atoms with Crippen LogP contribution in [0.25, 0.3) is 10.2 Å². The molecule has 0 saturated carbocycles. The van der Waals surface area contributed by atoms with Crippen molar-refractivity contribution in [3.63, 3.8) is 0 Å². The Kier molecular flexibility index (Phi) is 8.01. The van der Waals surface area contributed by atoms with E-state index in [0.29, 0.717) is 18.7 Å². The summed E-state index contributed by atoms with van der Waals surface area (Å²) < 4.78 is 12.3. The molecule has 0 aliphatic carbocycles. The van der Waals surface area contributed by atoms with Crippen LogP contribution in [-0.2, 0) is 0 Å². The Morgan fingerprint density at radius 3 is 2.76 bits per heavy atom. The molecule has 0 unspecified atom stereocenters. The number of piperazine rings is 1. The van der Waals surface area contributed by atoms with Gasteiger partial charge in [0.05, 0.1) is 18.4 Å². The second-order valence-corrected chi connectivity index (χ2v) is 9.13.